The van der Waals surface area contributed by atoms with E-state index in [1.807, 2.05) is 26.0 Å². The molecule has 0 unspecified atom stereocenters. The Morgan fingerprint density at radius 3 is 2.32 bits per heavy atom. The maximum absolute atomic E-state index is 12.7. The molecule has 1 heterocycles. The van der Waals surface area contributed by atoms with Crippen LogP contribution < -0.4 is 15.4 Å². The molecule has 6 nitrogen and oxygen atoms in total. The maximum Gasteiger partial charge on any atom is 0.274 e. The predicted molar refractivity (Wildman–Crippen MR) is 112 cm³/mol. The standard InChI is InChI=1S/C22H24N4O2/c1-13-10-14(2)21(15(3)11-13)26-20-12-18(23-16(4)24-20)22(27)25-17-8-6-7-9-19(17)28-5/h6-12H,1-5H3,(H,25,27)(H,23,24,26). The third kappa shape index (κ3) is 4.28. The lowest BCUT2D eigenvalue weighted by atomic mass is 10.1. The van der Waals surface area contributed by atoms with Crippen molar-refractivity contribution in [3.63, 3.8) is 0 Å². The first-order valence-electron chi connectivity index (χ1n) is 9.02. The van der Waals surface area contributed by atoms with E-state index in [0.29, 0.717) is 23.1 Å². The molecule has 0 aliphatic rings. The van der Waals surface area contributed by atoms with Crippen LogP contribution in [0.5, 0.6) is 5.75 Å². The maximum atomic E-state index is 12.7. The van der Waals surface area contributed by atoms with Crippen LogP contribution in [-0.2, 0) is 0 Å². The van der Waals surface area contributed by atoms with Gasteiger partial charge in [0, 0.05) is 11.8 Å². The Labute approximate surface area is 165 Å². The summed E-state index contributed by atoms with van der Waals surface area (Å²) in [7, 11) is 1.56. The second kappa shape index (κ2) is 8.08. The van der Waals surface area contributed by atoms with Crippen LogP contribution in [0.3, 0.4) is 0 Å². The van der Waals surface area contributed by atoms with Gasteiger partial charge in [0.25, 0.3) is 5.91 Å². The van der Waals surface area contributed by atoms with Gasteiger partial charge in [0.2, 0.25) is 0 Å². The van der Waals surface area contributed by atoms with Gasteiger partial charge in [-0.3, -0.25) is 4.79 Å². The van der Waals surface area contributed by atoms with Crippen molar-refractivity contribution in [1.82, 2.24) is 9.97 Å². The van der Waals surface area contributed by atoms with Crippen molar-refractivity contribution in [3.05, 3.63) is 70.7 Å². The highest BCUT2D eigenvalue weighted by molar-refractivity contribution is 6.04. The van der Waals surface area contributed by atoms with Crippen LogP contribution >= 0.6 is 0 Å². The van der Waals surface area contributed by atoms with E-state index in [1.165, 1.54) is 5.56 Å². The van der Waals surface area contributed by atoms with E-state index in [2.05, 4.69) is 39.7 Å². The largest absolute Gasteiger partial charge is 0.495 e. The van der Waals surface area contributed by atoms with E-state index in [1.54, 1.807) is 32.2 Å². The molecule has 3 rings (SSSR count). The number of methoxy groups -OCH3 is 1. The molecule has 0 aliphatic carbocycles. The number of nitrogens with one attached hydrogen (secondary N) is 2. The Balaban J connectivity index is 1.88. The molecule has 0 radical (unpaired) electrons. The van der Waals surface area contributed by atoms with Crippen LogP contribution in [0.1, 0.15) is 33.0 Å². The first-order valence-corrected chi connectivity index (χ1v) is 9.02. The smallest absolute Gasteiger partial charge is 0.274 e. The van der Waals surface area contributed by atoms with E-state index >= 15 is 0 Å². The Morgan fingerprint density at radius 1 is 0.964 bits per heavy atom. The fourth-order valence-electron chi connectivity index (χ4n) is 3.19. The number of benzene rings is 2. The molecule has 3 aromatic rings. The van der Waals surface area contributed by atoms with Crippen molar-refractivity contribution in [3.8, 4) is 5.75 Å². The normalized spacial score (nSPS) is 10.5. The summed E-state index contributed by atoms with van der Waals surface area (Å²) in [6, 6.07) is 13.1. The number of nitrogens with zero attached hydrogens (tertiary/aromatic N) is 2. The quantitative estimate of drug-likeness (QED) is 0.674. The van der Waals surface area contributed by atoms with Gasteiger partial charge in [-0.15, -0.1) is 0 Å². The highest BCUT2D eigenvalue weighted by atomic mass is 16.5. The summed E-state index contributed by atoms with van der Waals surface area (Å²) in [5.41, 5.74) is 5.30. The monoisotopic (exact) mass is 376 g/mol. The van der Waals surface area contributed by atoms with Gasteiger partial charge in [-0.2, -0.15) is 0 Å². The lowest BCUT2D eigenvalue weighted by Crippen LogP contribution is -2.16. The third-order valence-electron chi connectivity index (χ3n) is 4.36. The summed E-state index contributed by atoms with van der Waals surface area (Å²) in [5.74, 6) is 1.35. The molecule has 1 aromatic heterocycles. The van der Waals surface area contributed by atoms with Gasteiger partial charge in [-0.25, -0.2) is 9.97 Å². The van der Waals surface area contributed by atoms with Crippen molar-refractivity contribution in [2.75, 3.05) is 17.7 Å². The first kappa shape index (κ1) is 19.4. The van der Waals surface area contributed by atoms with Crippen molar-refractivity contribution < 1.29 is 9.53 Å². The number of anilines is 3. The minimum absolute atomic E-state index is 0.281. The van der Waals surface area contributed by atoms with Crippen LogP contribution in [0.15, 0.2) is 42.5 Å². The molecule has 6 heteroatoms. The average Bonchev–Trinajstić information content (AvgIpc) is 2.64. The van der Waals surface area contributed by atoms with Gasteiger partial charge in [-0.1, -0.05) is 29.8 Å². The number of para-hydroxylation sites is 2. The summed E-state index contributed by atoms with van der Waals surface area (Å²) in [5, 5.41) is 6.18. The molecular formula is C22H24N4O2. The number of aryl methyl sites for hydroxylation is 4. The molecule has 2 aromatic carbocycles. The van der Waals surface area contributed by atoms with Crippen molar-refractivity contribution in [2.24, 2.45) is 0 Å². The molecule has 0 atom stereocenters. The van der Waals surface area contributed by atoms with Crippen molar-refractivity contribution >= 4 is 23.1 Å². The molecule has 0 saturated heterocycles. The number of carbonyl (C=O) groups excluding carboxylic acids is 1. The van der Waals surface area contributed by atoms with E-state index in [-0.39, 0.29) is 11.6 Å². The Bertz CT molecular complexity index is 1010. The fourth-order valence-corrected chi connectivity index (χ4v) is 3.19. The van der Waals surface area contributed by atoms with Gasteiger partial charge >= 0.3 is 0 Å². The van der Waals surface area contributed by atoms with Gasteiger partial charge in [-0.05, 0) is 51.0 Å². The molecule has 2 N–H and O–H groups in total. The van der Waals surface area contributed by atoms with Gasteiger partial charge in [0.15, 0.2) is 0 Å². The summed E-state index contributed by atoms with van der Waals surface area (Å²) in [4.78, 5) is 21.4. The van der Waals surface area contributed by atoms with Crippen LogP contribution in [0, 0.1) is 27.7 Å². The van der Waals surface area contributed by atoms with E-state index in [4.69, 9.17) is 4.74 Å². The lowest BCUT2D eigenvalue weighted by Gasteiger charge is -2.14. The number of amides is 1. The molecule has 0 aliphatic heterocycles. The summed E-state index contributed by atoms with van der Waals surface area (Å²) in [6.07, 6.45) is 0. The van der Waals surface area contributed by atoms with E-state index in [9.17, 15) is 4.79 Å². The topological polar surface area (TPSA) is 76.1 Å². The Hall–Kier alpha value is -3.41. The number of rotatable bonds is 5. The molecular weight excluding hydrogens is 352 g/mol. The number of hydrogen-bond donors (Lipinski definition) is 2. The molecule has 0 spiro atoms. The third-order valence-corrected chi connectivity index (χ3v) is 4.36. The zero-order valence-corrected chi connectivity index (χ0v) is 16.8. The van der Waals surface area contributed by atoms with Crippen LogP contribution in [0.2, 0.25) is 0 Å². The summed E-state index contributed by atoms with van der Waals surface area (Å²) in [6.45, 7) is 7.93. The molecule has 0 saturated carbocycles. The minimum atomic E-state index is -0.324. The number of hydrogen-bond acceptors (Lipinski definition) is 5. The van der Waals surface area contributed by atoms with Crippen molar-refractivity contribution in [2.45, 2.75) is 27.7 Å². The van der Waals surface area contributed by atoms with E-state index < -0.39 is 0 Å². The number of ether oxygens (including phenoxy) is 1. The fraction of sp³-hybridized carbons (Fsp3) is 0.227. The van der Waals surface area contributed by atoms with Gasteiger partial charge in [0.05, 0.1) is 12.8 Å². The second-order valence-corrected chi connectivity index (χ2v) is 6.74. The Kier molecular flexibility index (Phi) is 5.59. The number of carbonyl (C=O) groups is 1. The lowest BCUT2D eigenvalue weighted by molar-refractivity contribution is 0.102. The average molecular weight is 376 g/mol. The predicted octanol–water partition coefficient (Wildman–Crippen LogP) is 4.71. The highest BCUT2D eigenvalue weighted by Crippen LogP contribution is 2.26. The summed E-state index contributed by atoms with van der Waals surface area (Å²) >= 11 is 0. The van der Waals surface area contributed by atoms with Crippen LogP contribution in [-0.4, -0.2) is 23.0 Å². The highest BCUT2D eigenvalue weighted by Gasteiger charge is 2.14. The van der Waals surface area contributed by atoms with Gasteiger partial charge in [0.1, 0.15) is 23.1 Å². The van der Waals surface area contributed by atoms with Gasteiger partial charge < -0.3 is 15.4 Å². The molecule has 144 valence electrons. The Morgan fingerprint density at radius 2 is 1.64 bits per heavy atom. The molecule has 1 amide bonds. The zero-order chi connectivity index (χ0) is 20.3. The van der Waals surface area contributed by atoms with Crippen LogP contribution in [0.4, 0.5) is 17.2 Å². The van der Waals surface area contributed by atoms with Crippen molar-refractivity contribution in [1.29, 1.82) is 0 Å². The zero-order valence-electron chi connectivity index (χ0n) is 16.8. The SMILES string of the molecule is COc1ccccc1NC(=O)c1cc(Nc2c(C)cc(C)cc2C)nc(C)n1. The molecule has 0 bridgehead atoms. The molecule has 0 fully saturated rings. The first-order chi connectivity index (χ1) is 13.4. The molecule has 28 heavy (non-hydrogen) atoms. The summed E-state index contributed by atoms with van der Waals surface area (Å²) < 4.78 is 5.28. The minimum Gasteiger partial charge on any atom is -0.495 e. The number of aromatic nitrogens is 2. The second-order valence-electron chi connectivity index (χ2n) is 6.74. The van der Waals surface area contributed by atoms with E-state index in [0.717, 1.165) is 16.8 Å². The van der Waals surface area contributed by atoms with Crippen LogP contribution in [0.25, 0.3) is 0 Å².